The molecule has 0 bridgehead atoms. The SMILES string of the molecule is COCCNC(=O)C1(n2cccn2)CCN(CCc2ccccc2)CC1. The Morgan fingerprint density at radius 2 is 2.00 bits per heavy atom. The summed E-state index contributed by atoms with van der Waals surface area (Å²) in [5, 5.41) is 7.40. The maximum atomic E-state index is 12.9. The number of rotatable bonds is 8. The zero-order chi connectivity index (χ0) is 18.2. The number of piperidine rings is 1. The number of amides is 1. The van der Waals surface area contributed by atoms with Crippen molar-refractivity contribution in [1.82, 2.24) is 20.0 Å². The van der Waals surface area contributed by atoms with E-state index in [-0.39, 0.29) is 5.91 Å². The highest BCUT2D eigenvalue weighted by atomic mass is 16.5. The van der Waals surface area contributed by atoms with Gasteiger partial charge in [0.05, 0.1) is 6.61 Å². The van der Waals surface area contributed by atoms with Crippen LogP contribution in [-0.2, 0) is 21.5 Å². The van der Waals surface area contributed by atoms with Crippen molar-refractivity contribution in [1.29, 1.82) is 0 Å². The van der Waals surface area contributed by atoms with Gasteiger partial charge in [0, 0.05) is 45.7 Å². The first-order chi connectivity index (χ1) is 12.7. The molecule has 3 rings (SSSR count). The Kier molecular flexibility index (Phi) is 6.41. The minimum atomic E-state index is -0.597. The predicted octanol–water partition coefficient (Wildman–Crippen LogP) is 1.68. The first-order valence-corrected chi connectivity index (χ1v) is 9.28. The lowest BCUT2D eigenvalue weighted by Crippen LogP contribution is -2.55. The third kappa shape index (κ3) is 4.31. The Labute approximate surface area is 155 Å². The van der Waals surface area contributed by atoms with E-state index in [9.17, 15) is 4.79 Å². The van der Waals surface area contributed by atoms with Crippen LogP contribution in [0.3, 0.4) is 0 Å². The van der Waals surface area contributed by atoms with Gasteiger partial charge in [0.15, 0.2) is 0 Å². The summed E-state index contributed by atoms with van der Waals surface area (Å²) in [7, 11) is 1.64. The highest BCUT2D eigenvalue weighted by molar-refractivity contribution is 5.84. The van der Waals surface area contributed by atoms with Crippen molar-refractivity contribution < 1.29 is 9.53 Å². The maximum absolute atomic E-state index is 12.9. The fourth-order valence-corrected chi connectivity index (χ4v) is 3.59. The molecule has 1 saturated heterocycles. The lowest BCUT2D eigenvalue weighted by Gasteiger charge is -2.40. The summed E-state index contributed by atoms with van der Waals surface area (Å²) in [6.07, 6.45) is 6.21. The van der Waals surface area contributed by atoms with E-state index in [0.29, 0.717) is 13.2 Å². The van der Waals surface area contributed by atoms with E-state index < -0.39 is 5.54 Å². The Hall–Kier alpha value is -2.18. The molecule has 1 aromatic carbocycles. The number of aromatic nitrogens is 2. The van der Waals surface area contributed by atoms with Gasteiger partial charge in [-0.25, -0.2) is 0 Å². The van der Waals surface area contributed by atoms with Crippen LogP contribution in [0.1, 0.15) is 18.4 Å². The van der Waals surface area contributed by atoms with Gasteiger partial charge in [-0.15, -0.1) is 0 Å². The molecule has 1 aromatic heterocycles. The van der Waals surface area contributed by atoms with Crippen LogP contribution in [0.15, 0.2) is 48.8 Å². The van der Waals surface area contributed by atoms with Crippen molar-refractivity contribution >= 4 is 5.91 Å². The van der Waals surface area contributed by atoms with Crippen molar-refractivity contribution in [3.63, 3.8) is 0 Å². The lowest BCUT2D eigenvalue weighted by molar-refractivity contribution is -0.133. The third-order valence-corrected chi connectivity index (χ3v) is 5.20. The van der Waals surface area contributed by atoms with Gasteiger partial charge in [0.1, 0.15) is 5.54 Å². The molecular weight excluding hydrogens is 328 g/mol. The van der Waals surface area contributed by atoms with Gasteiger partial charge in [-0.3, -0.25) is 9.48 Å². The molecule has 1 fully saturated rings. The highest BCUT2D eigenvalue weighted by Gasteiger charge is 2.43. The van der Waals surface area contributed by atoms with Crippen LogP contribution < -0.4 is 5.32 Å². The van der Waals surface area contributed by atoms with Crippen LogP contribution in [0.4, 0.5) is 0 Å². The summed E-state index contributed by atoms with van der Waals surface area (Å²) >= 11 is 0. The van der Waals surface area contributed by atoms with Crippen molar-refractivity contribution in [3.05, 3.63) is 54.4 Å². The zero-order valence-electron chi connectivity index (χ0n) is 15.4. The second-order valence-corrected chi connectivity index (χ2v) is 6.81. The zero-order valence-corrected chi connectivity index (χ0v) is 15.4. The third-order valence-electron chi connectivity index (χ3n) is 5.20. The second kappa shape index (κ2) is 8.96. The summed E-state index contributed by atoms with van der Waals surface area (Å²) in [5.74, 6) is 0.0426. The molecule has 26 heavy (non-hydrogen) atoms. The molecule has 6 heteroatoms. The smallest absolute Gasteiger partial charge is 0.248 e. The molecule has 1 aliphatic heterocycles. The van der Waals surface area contributed by atoms with E-state index >= 15 is 0 Å². The van der Waals surface area contributed by atoms with E-state index in [1.165, 1.54) is 5.56 Å². The molecule has 1 aliphatic rings. The monoisotopic (exact) mass is 356 g/mol. The average molecular weight is 356 g/mol. The number of carbonyl (C=O) groups is 1. The van der Waals surface area contributed by atoms with Crippen LogP contribution in [0, 0.1) is 0 Å². The van der Waals surface area contributed by atoms with Crippen LogP contribution >= 0.6 is 0 Å². The Balaban J connectivity index is 1.61. The van der Waals surface area contributed by atoms with Gasteiger partial charge in [-0.1, -0.05) is 30.3 Å². The predicted molar refractivity (Wildman–Crippen MR) is 101 cm³/mol. The van der Waals surface area contributed by atoms with Crippen LogP contribution in [0.5, 0.6) is 0 Å². The summed E-state index contributed by atoms with van der Waals surface area (Å²) in [6.45, 7) is 3.85. The molecule has 0 unspecified atom stereocenters. The van der Waals surface area contributed by atoms with E-state index in [1.54, 1.807) is 13.3 Å². The Morgan fingerprint density at radius 1 is 1.23 bits per heavy atom. The van der Waals surface area contributed by atoms with Gasteiger partial charge in [-0.2, -0.15) is 5.10 Å². The Bertz CT molecular complexity index is 664. The van der Waals surface area contributed by atoms with E-state index in [2.05, 4.69) is 39.6 Å². The minimum absolute atomic E-state index is 0.0426. The second-order valence-electron chi connectivity index (χ2n) is 6.81. The highest BCUT2D eigenvalue weighted by Crippen LogP contribution is 2.30. The fraction of sp³-hybridized carbons (Fsp3) is 0.500. The first-order valence-electron chi connectivity index (χ1n) is 9.28. The number of carbonyl (C=O) groups excluding carboxylic acids is 1. The van der Waals surface area contributed by atoms with E-state index in [1.807, 2.05) is 23.0 Å². The number of nitrogens with zero attached hydrogens (tertiary/aromatic N) is 3. The molecule has 2 heterocycles. The summed E-state index contributed by atoms with van der Waals surface area (Å²) in [4.78, 5) is 15.4. The standard InChI is InChI=1S/C20H28N4O2/c1-26-17-12-21-19(25)20(24-13-5-11-22-24)9-15-23(16-10-20)14-8-18-6-3-2-4-7-18/h2-7,11,13H,8-10,12,14-17H2,1H3,(H,21,25). The molecule has 2 aromatic rings. The van der Waals surface area contributed by atoms with Gasteiger partial charge in [0.2, 0.25) is 5.91 Å². The topological polar surface area (TPSA) is 59.4 Å². The molecule has 0 radical (unpaired) electrons. The van der Waals surface area contributed by atoms with Gasteiger partial charge in [-0.05, 0) is 30.9 Å². The number of ether oxygens (including phenoxy) is 1. The number of benzene rings is 1. The molecule has 0 spiro atoms. The first kappa shape index (κ1) is 18.6. The number of nitrogens with one attached hydrogen (secondary N) is 1. The van der Waals surface area contributed by atoms with Crippen molar-refractivity contribution in [2.75, 3.05) is 39.9 Å². The Morgan fingerprint density at radius 3 is 2.65 bits per heavy atom. The number of hydrogen-bond acceptors (Lipinski definition) is 4. The molecule has 6 nitrogen and oxygen atoms in total. The van der Waals surface area contributed by atoms with Gasteiger partial charge in [0.25, 0.3) is 0 Å². The number of likely N-dealkylation sites (tertiary alicyclic amines) is 1. The summed E-state index contributed by atoms with van der Waals surface area (Å²) in [6, 6.07) is 12.4. The van der Waals surface area contributed by atoms with Crippen LogP contribution in [0.25, 0.3) is 0 Å². The van der Waals surface area contributed by atoms with E-state index in [4.69, 9.17) is 4.74 Å². The quantitative estimate of drug-likeness (QED) is 0.731. The maximum Gasteiger partial charge on any atom is 0.248 e. The van der Waals surface area contributed by atoms with Crippen LogP contribution in [0.2, 0.25) is 0 Å². The largest absolute Gasteiger partial charge is 0.383 e. The van der Waals surface area contributed by atoms with Crippen molar-refractivity contribution in [2.45, 2.75) is 24.8 Å². The van der Waals surface area contributed by atoms with Crippen molar-refractivity contribution in [2.24, 2.45) is 0 Å². The molecule has 1 amide bonds. The lowest BCUT2D eigenvalue weighted by atomic mass is 9.86. The molecule has 0 atom stereocenters. The number of hydrogen-bond donors (Lipinski definition) is 1. The molecule has 1 N–H and O–H groups in total. The van der Waals surface area contributed by atoms with Gasteiger partial charge < -0.3 is 15.0 Å². The molecular formula is C20H28N4O2. The normalized spacial score (nSPS) is 17.1. The summed E-state index contributed by atoms with van der Waals surface area (Å²) in [5.41, 5.74) is 0.759. The average Bonchev–Trinajstić information content (AvgIpc) is 3.23. The molecule has 140 valence electrons. The van der Waals surface area contributed by atoms with Crippen LogP contribution in [-0.4, -0.2) is 60.5 Å². The van der Waals surface area contributed by atoms with Gasteiger partial charge >= 0.3 is 0 Å². The van der Waals surface area contributed by atoms with E-state index in [0.717, 1.165) is 38.9 Å². The fourth-order valence-electron chi connectivity index (χ4n) is 3.59. The number of methoxy groups -OCH3 is 1. The molecule has 0 aliphatic carbocycles. The van der Waals surface area contributed by atoms with Crippen molar-refractivity contribution in [3.8, 4) is 0 Å². The molecule has 0 saturated carbocycles. The minimum Gasteiger partial charge on any atom is -0.383 e. The summed E-state index contributed by atoms with van der Waals surface area (Å²) < 4.78 is 6.89.